The molecule has 1 fully saturated rings. The molecule has 1 aliphatic heterocycles. The summed E-state index contributed by atoms with van der Waals surface area (Å²) >= 11 is 18.1. The molecule has 0 unspecified atom stereocenters. The lowest BCUT2D eigenvalue weighted by molar-refractivity contribution is -0.120. The highest BCUT2D eigenvalue weighted by molar-refractivity contribution is 7.88. The Labute approximate surface area is 225 Å². The molecule has 1 aliphatic rings. The van der Waals surface area contributed by atoms with Crippen LogP contribution < -0.4 is 5.32 Å². The number of piperidine rings is 1. The minimum absolute atomic E-state index is 0.198. The Morgan fingerprint density at radius 3 is 2.25 bits per heavy atom. The lowest BCUT2D eigenvalue weighted by atomic mass is 9.96. The van der Waals surface area contributed by atoms with Crippen molar-refractivity contribution in [1.29, 1.82) is 0 Å². The summed E-state index contributed by atoms with van der Waals surface area (Å²) in [5, 5.41) is 3.89. The van der Waals surface area contributed by atoms with Crippen LogP contribution in [-0.4, -0.2) is 37.5 Å². The molecule has 4 rings (SSSR count). The van der Waals surface area contributed by atoms with E-state index < -0.39 is 15.9 Å². The first-order chi connectivity index (χ1) is 17.1. The summed E-state index contributed by atoms with van der Waals surface area (Å²) in [5.74, 6) is -1.11. The van der Waals surface area contributed by atoms with Crippen LogP contribution in [0, 0.1) is 5.92 Å². The molecule has 0 bridgehead atoms. The SMILES string of the molecule is O=C(c1ccccc1)c1cc(Cl)ccc1NC(=O)C1CCN(S(=O)(=O)Cc2ccc(Cl)c(Cl)c2)CC1. The van der Waals surface area contributed by atoms with Crippen LogP contribution in [0.3, 0.4) is 0 Å². The minimum atomic E-state index is -3.59. The molecule has 1 saturated heterocycles. The summed E-state index contributed by atoms with van der Waals surface area (Å²) in [4.78, 5) is 26.1. The second-order valence-corrected chi connectivity index (χ2v) is 11.8. The summed E-state index contributed by atoms with van der Waals surface area (Å²) < 4.78 is 27.2. The van der Waals surface area contributed by atoms with Crippen LogP contribution in [0.15, 0.2) is 66.7 Å². The van der Waals surface area contributed by atoms with Crippen molar-refractivity contribution in [2.24, 2.45) is 5.92 Å². The van der Waals surface area contributed by atoms with E-state index in [2.05, 4.69) is 5.32 Å². The van der Waals surface area contributed by atoms with E-state index in [1.54, 1.807) is 54.6 Å². The first kappa shape index (κ1) is 26.6. The summed E-state index contributed by atoms with van der Waals surface area (Å²) in [6.45, 7) is 0.441. The summed E-state index contributed by atoms with van der Waals surface area (Å²) in [6, 6.07) is 18.2. The quantitative estimate of drug-likeness (QED) is 0.353. The van der Waals surface area contributed by atoms with Gasteiger partial charge in [0.2, 0.25) is 15.9 Å². The molecule has 0 aliphatic carbocycles. The number of sulfonamides is 1. The number of benzene rings is 3. The molecule has 1 N–H and O–H groups in total. The van der Waals surface area contributed by atoms with E-state index in [0.29, 0.717) is 50.3 Å². The van der Waals surface area contributed by atoms with Gasteiger partial charge in [0.15, 0.2) is 5.78 Å². The van der Waals surface area contributed by atoms with E-state index in [-0.39, 0.29) is 30.5 Å². The van der Waals surface area contributed by atoms with Gasteiger partial charge < -0.3 is 5.32 Å². The van der Waals surface area contributed by atoms with Gasteiger partial charge in [-0.25, -0.2) is 12.7 Å². The smallest absolute Gasteiger partial charge is 0.227 e. The van der Waals surface area contributed by atoms with Crippen LogP contribution in [0.4, 0.5) is 5.69 Å². The topological polar surface area (TPSA) is 83.6 Å². The van der Waals surface area contributed by atoms with Crippen molar-refractivity contribution in [2.75, 3.05) is 18.4 Å². The number of ketones is 1. The Kier molecular flexibility index (Phi) is 8.37. The summed E-state index contributed by atoms with van der Waals surface area (Å²) in [7, 11) is -3.59. The lowest BCUT2D eigenvalue weighted by Crippen LogP contribution is -2.42. The third-order valence-electron chi connectivity index (χ3n) is 6.07. The predicted molar refractivity (Wildman–Crippen MR) is 143 cm³/mol. The fraction of sp³-hybridized carbons (Fsp3) is 0.231. The van der Waals surface area contributed by atoms with Crippen molar-refractivity contribution in [1.82, 2.24) is 4.31 Å². The highest BCUT2D eigenvalue weighted by Gasteiger charge is 2.31. The monoisotopic (exact) mass is 564 g/mol. The number of amides is 1. The van der Waals surface area contributed by atoms with Gasteiger partial charge in [-0.1, -0.05) is 71.2 Å². The molecular formula is C26H23Cl3N2O4S. The molecule has 0 saturated carbocycles. The first-order valence-corrected chi connectivity index (χ1v) is 14.0. The second kappa shape index (κ2) is 11.3. The predicted octanol–water partition coefficient (Wildman–Crippen LogP) is 6.06. The first-order valence-electron chi connectivity index (χ1n) is 11.3. The van der Waals surface area contributed by atoms with Gasteiger partial charge in [0.1, 0.15) is 0 Å². The van der Waals surface area contributed by atoms with Gasteiger partial charge in [0.05, 0.1) is 21.5 Å². The van der Waals surface area contributed by atoms with Crippen molar-refractivity contribution in [3.63, 3.8) is 0 Å². The van der Waals surface area contributed by atoms with Crippen molar-refractivity contribution in [2.45, 2.75) is 18.6 Å². The molecule has 0 spiro atoms. The number of carbonyl (C=O) groups is 2. The number of rotatable bonds is 7. The Balaban J connectivity index is 1.41. The van der Waals surface area contributed by atoms with E-state index >= 15 is 0 Å². The summed E-state index contributed by atoms with van der Waals surface area (Å²) in [6.07, 6.45) is 0.726. The van der Waals surface area contributed by atoms with Gasteiger partial charge in [0.25, 0.3) is 0 Å². The van der Waals surface area contributed by atoms with Crippen LogP contribution in [0.5, 0.6) is 0 Å². The Bertz CT molecular complexity index is 1390. The molecule has 10 heteroatoms. The zero-order chi connectivity index (χ0) is 25.9. The fourth-order valence-electron chi connectivity index (χ4n) is 4.12. The third-order valence-corrected chi connectivity index (χ3v) is 8.90. The molecule has 0 aromatic heterocycles. The Morgan fingerprint density at radius 1 is 0.889 bits per heavy atom. The van der Waals surface area contributed by atoms with Crippen molar-refractivity contribution < 1.29 is 18.0 Å². The van der Waals surface area contributed by atoms with Gasteiger partial charge in [-0.2, -0.15) is 0 Å². The number of nitrogens with one attached hydrogen (secondary N) is 1. The number of halogens is 3. The molecule has 3 aromatic rings. The highest BCUT2D eigenvalue weighted by Crippen LogP contribution is 2.28. The number of carbonyl (C=O) groups excluding carboxylic acids is 2. The van der Waals surface area contributed by atoms with Crippen LogP contribution in [0.2, 0.25) is 15.1 Å². The molecule has 1 amide bonds. The van der Waals surface area contributed by atoms with Crippen molar-refractivity contribution in [3.8, 4) is 0 Å². The van der Waals surface area contributed by atoms with E-state index in [1.165, 1.54) is 10.4 Å². The molecule has 1 heterocycles. The highest BCUT2D eigenvalue weighted by atomic mass is 35.5. The second-order valence-electron chi connectivity index (χ2n) is 8.55. The number of hydrogen-bond donors (Lipinski definition) is 1. The largest absolute Gasteiger partial charge is 0.325 e. The van der Waals surface area contributed by atoms with E-state index in [0.717, 1.165) is 0 Å². The third kappa shape index (κ3) is 6.28. The van der Waals surface area contributed by atoms with Gasteiger partial charge in [0, 0.05) is 35.2 Å². The van der Waals surface area contributed by atoms with Crippen LogP contribution in [0.1, 0.15) is 34.3 Å². The van der Waals surface area contributed by atoms with Crippen LogP contribution >= 0.6 is 34.8 Å². The fourth-order valence-corrected chi connectivity index (χ4v) is 6.16. The maximum absolute atomic E-state index is 13.0. The molecular weight excluding hydrogens is 543 g/mol. The molecule has 3 aromatic carbocycles. The van der Waals surface area contributed by atoms with Crippen LogP contribution in [0.25, 0.3) is 0 Å². The van der Waals surface area contributed by atoms with Gasteiger partial charge in [-0.05, 0) is 48.7 Å². The van der Waals surface area contributed by atoms with Crippen molar-refractivity contribution >= 4 is 62.2 Å². The van der Waals surface area contributed by atoms with Gasteiger partial charge in [-0.3, -0.25) is 9.59 Å². The Hall–Kier alpha value is -2.42. The normalized spacial score (nSPS) is 15.0. The average Bonchev–Trinajstić information content (AvgIpc) is 2.87. The van der Waals surface area contributed by atoms with Gasteiger partial charge in [-0.15, -0.1) is 0 Å². The number of hydrogen-bond acceptors (Lipinski definition) is 4. The van der Waals surface area contributed by atoms with Crippen molar-refractivity contribution in [3.05, 3.63) is 98.5 Å². The summed E-state index contributed by atoms with van der Waals surface area (Å²) in [5.41, 5.74) is 1.69. The van der Waals surface area contributed by atoms with Crippen LogP contribution in [-0.2, 0) is 20.6 Å². The molecule has 6 nitrogen and oxygen atoms in total. The van der Waals surface area contributed by atoms with E-state index in [4.69, 9.17) is 34.8 Å². The zero-order valence-corrected chi connectivity index (χ0v) is 22.2. The average molecular weight is 566 g/mol. The number of anilines is 1. The molecule has 0 radical (unpaired) electrons. The maximum atomic E-state index is 13.0. The lowest BCUT2D eigenvalue weighted by Gasteiger charge is -2.30. The van der Waals surface area contributed by atoms with E-state index in [1.807, 2.05) is 6.07 Å². The molecule has 0 atom stereocenters. The maximum Gasteiger partial charge on any atom is 0.227 e. The Morgan fingerprint density at radius 2 is 1.58 bits per heavy atom. The molecule has 36 heavy (non-hydrogen) atoms. The van der Waals surface area contributed by atoms with E-state index in [9.17, 15) is 18.0 Å². The minimum Gasteiger partial charge on any atom is -0.325 e. The molecule has 188 valence electrons. The number of nitrogens with zero attached hydrogens (tertiary/aromatic N) is 1. The standard InChI is InChI=1S/C26H23Cl3N2O4S/c27-20-7-9-24(21(15-20)25(32)18-4-2-1-3-5-18)30-26(33)19-10-12-31(13-11-19)36(34,35)16-17-6-8-22(28)23(29)14-17/h1-9,14-15,19H,10-13,16H2,(H,30,33). The van der Waals surface area contributed by atoms with Gasteiger partial charge >= 0.3 is 0 Å². The zero-order valence-electron chi connectivity index (χ0n) is 19.1.